The van der Waals surface area contributed by atoms with E-state index in [1.165, 1.54) is 20.4 Å². The summed E-state index contributed by atoms with van der Waals surface area (Å²) in [5.41, 5.74) is 2.69. The van der Waals surface area contributed by atoms with Crippen LogP contribution in [0.2, 0.25) is 0 Å². The van der Waals surface area contributed by atoms with E-state index in [9.17, 15) is 0 Å². The first kappa shape index (κ1) is 8.26. The molecule has 0 aliphatic carbocycles. The van der Waals surface area contributed by atoms with Crippen molar-refractivity contribution >= 4 is 43.1 Å². The summed E-state index contributed by atoms with van der Waals surface area (Å²) in [6, 6.07) is 4.38. The number of thiophene rings is 2. The molecule has 0 aromatic carbocycles. The first-order chi connectivity index (χ1) is 6.92. The van der Waals surface area contributed by atoms with Gasteiger partial charge in [-0.3, -0.25) is 0 Å². The maximum atomic E-state index is 3.80. The lowest BCUT2D eigenvalue weighted by atomic mass is 10.5. The average Bonchev–Trinajstić information content (AvgIpc) is 2.83. The molecule has 70 valence electrons. The Morgan fingerprint density at radius 3 is 2.21 bits per heavy atom. The maximum absolute atomic E-state index is 3.80. The molecular formula is C11H9NS2. The van der Waals surface area contributed by atoms with Crippen LogP contribution in [-0.2, 0) is 6.54 Å². The van der Waals surface area contributed by atoms with Crippen LogP contribution in [0.15, 0.2) is 35.5 Å². The first-order valence-corrected chi connectivity index (χ1v) is 6.21. The minimum atomic E-state index is 0.896. The quantitative estimate of drug-likeness (QED) is 0.572. The summed E-state index contributed by atoms with van der Waals surface area (Å²) < 4.78 is 5.15. The van der Waals surface area contributed by atoms with Gasteiger partial charge >= 0.3 is 0 Å². The second kappa shape index (κ2) is 2.97. The molecule has 0 aliphatic rings. The fraction of sp³-hybridized carbons (Fsp3) is 0.0909. The van der Waals surface area contributed by atoms with Gasteiger partial charge in [0.2, 0.25) is 0 Å². The molecule has 0 aliphatic heterocycles. The molecule has 0 atom stereocenters. The predicted molar refractivity (Wildman–Crippen MR) is 65.4 cm³/mol. The van der Waals surface area contributed by atoms with Crippen LogP contribution in [0.25, 0.3) is 20.4 Å². The molecular weight excluding hydrogens is 210 g/mol. The molecule has 0 fully saturated rings. The van der Waals surface area contributed by atoms with E-state index in [2.05, 4.69) is 34.0 Å². The lowest BCUT2D eigenvalue weighted by Crippen LogP contribution is -1.91. The first-order valence-electron chi connectivity index (χ1n) is 4.45. The molecule has 0 bridgehead atoms. The molecule has 3 rings (SSSR count). The highest BCUT2D eigenvalue weighted by molar-refractivity contribution is 7.25. The van der Waals surface area contributed by atoms with Crippen LogP contribution < -0.4 is 0 Å². The van der Waals surface area contributed by atoms with E-state index in [4.69, 9.17) is 0 Å². The third-order valence-electron chi connectivity index (χ3n) is 2.39. The molecule has 3 aromatic rings. The SMILES string of the molecule is C=CCn1c2ccsc2c2sccc21. The van der Waals surface area contributed by atoms with Gasteiger partial charge < -0.3 is 4.57 Å². The van der Waals surface area contributed by atoms with Gasteiger partial charge in [0.1, 0.15) is 0 Å². The Hall–Kier alpha value is -1.06. The molecule has 0 N–H and O–H groups in total. The van der Waals surface area contributed by atoms with Gasteiger partial charge in [-0.2, -0.15) is 0 Å². The summed E-state index contributed by atoms with van der Waals surface area (Å²) in [6.07, 6.45) is 1.95. The molecule has 3 heteroatoms. The summed E-state index contributed by atoms with van der Waals surface area (Å²) in [5.74, 6) is 0. The summed E-state index contributed by atoms with van der Waals surface area (Å²) in [4.78, 5) is 0. The van der Waals surface area contributed by atoms with Crippen LogP contribution in [0.3, 0.4) is 0 Å². The maximum Gasteiger partial charge on any atom is 0.0700 e. The van der Waals surface area contributed by atoms with Crippen molar-refractivity contribution in [3.8, 4) is 0 Å². The molecule has 0 spiro atoms. The fourth-order valence-corrected chi connectivity index (χ4v) is 3.80. The summed E-state index contributed by atoms with van der Waals surface area (Å²) in [7, 11) is 0. The minimum Gasteiger partial charge on any atom is -0.335 e. The summed E-state index contributed by atoms with van der Waals surface area (Å²) in [5, 5.41) is 4.31. The number of allylic oxidation sites excluding steroid dienone is 1. The molecule has 0 radical (unpaired) electrons. The Morgan fingerprint density at radius 1 is 1.14 bits per heavy atom. The van der Waals surface area contributed by atoms with Gasteiger partial charge in [-0.05, 0) is 22.9 Å². The van der Waals surface area contributed by atoms with E-state index in [1.807, 2.05) is 28.7 Å². The molecule has 0 unspecified atom stereocenters. The second-order valence-electron chi connectivity index (χ2n) is 3.17. The third kappa shape index (κ3) is 0.938. The largest absolute Gasteiger partial charge is 0.335 e. The predicted octanol–water partition coefficient (Wildman–Crippen LogP) is 4.10. The zero-order chi connectivity index (χ0) is 9.54. The van der Waals surface area contributed by atoms with E-state index in [1.54, 1.807) is 0 Å². The van der Waals surface area contributed by atoms with Crippen molar-refractivity contribution in [1.29, 1.82) is 0 Å². The van der Waals surface area contributed by atoms with Crippen molar-refractivity contribution in [2.24, 2.45) is 0 Å². The van der Waals surface area contributed by atoms with E-state index in [0.29, 0.717) is 0 Å². The van der Waals surface area contributed by atoms with Crippen LogP contribution in [0, 0.1) is 0 Å². The third-order valence-corrected chi connectivity index (χ3v) is 4.36. The zero-order valence-electron chi connectivity index (χ0n) is 7.56. The molecule has 14 heavy (non-hydrogen) atoms. The highest BCUT2D eigenvalue weighted by Crippen LogP contribution is 2.36. The highest BCUT2D eigenvalue weighted by Gasteiger charge is 2.10. The molecule has 3 heterocycles. The molecule has 1 nitrogen and oxygen atoms in total. The average molecular weight is 219 g/mol. The normalized spacial score (nSPS) is 11.4. The van der Waals surface area contributed by atoms with Gasteiger partial charge in [-0.15, -0.1) is 29.3 Å². The van der Waals surface area contributed by atoms with Crippen molar-refractivity contribution in [3.05, 3.63) is 35.5 Å². The van der Waals surface area contributed by atoms with Crippen LogP contribution in [0.5, 0.6) is 0 Å². The number of hydrogen-bond acceptors (Lipinski definition) is 2. The highest BCUT2D eigenvalue weighted by atomic mass is 32.1. The fourth-order valence-electron chi connectivity index (χ4n) is 1.83. The number of rotatable bonds is 2. The Morgan fingerprint density at radius 2 is 1.71 bits per heavy atom. The van der Waals surface area contributed by atoms with Gasteiger partial charge in [0, 0.05) is 6.54 Å². The Balaban J connectivity index is 2.51. The van der Waals surface area contributed by atoms with E-state index in [-0.39, 0.29) is 0 Å². The minimum absolute atomic E-state index is 0.896. The van der Waals surface area contributed by atoms with Crippen LogP contribution in [-0.4, -0.2) is 4.57 Å². The smallest absolute Gasteiger partial charge is 0.0700 e. The lowest BCUT2D eigenvalue weighted by Gasteiger charge is -1.99. The van der Waals surface area contributed by atoms with Crippen LogP contribution in [0.1, 0.15) is 0 Å². The zero-order valence-corrected chi connectivity index (χ0v) is 9.20. The molecule has 0 saturated carbocycles. The van der Waals surface area contributed by atoms with Crippen molar-refractivity contribution in [2.45, 2.75) is 6.54 Å². The van der Waals surface area contributed by atoms with Crippen molar-refractivity contribution < 1.29 is 0 Å². The lowest BCUT2D eigenvalue weighted by molar-refractivity contribution is 0.903. The van der Waals surface area contributed by atoms with E-state index >= 15 is 0 Å². The topological polar surface area (TPSA) is 4.93 Å². The van der Waals surface area contributed by atoms with Crippen molar-refractivity contribution in [2.75, 3.05) is 0 Å². The second-order valence-corrected chi connectivity index (χ2v) is 5.00. The van der Waals surface area contributed by atoms with Crippen LogP contribution >= 0.6 is 22.7 Å². The monoisotopic (exact) mass is 219 g/mol. The Kier molecular flexibility index (Phi) is 1.75. The van der Waals surface area contributed by atoms with Crippen molar-refractivity contribution in [3.63, 3.8) is 0 Å². The van der Waals surface area contributed by atoms with Gasteiger partial charge in [0.25, 0.3) is 0 Å². The molecule has 0 amide bonds. The van der Waals surface area contributed by atoms with Gasteiger partial charge in [0.15, 0.2) is 0 Å². The summed E-state index contributed by atoms with van der Waals surface area (Å²) in [6.45, 7) is 4.70. The van der Waals surface area contributed by atoms with E-state index < -0.39 is 0 Å². The molecule has 0 saturated heterocycles. The molecule has 3 aromatic heterocycles. The van der Waals surface area contributed by atoms with Gasteiger partial charge in [0.05, 0.1) is 20.4 Å². The summed E-state index contributed by atoms with van der Waals surface area (Å²) >= 11 is 3.65. The van der Waals surface area contributed by atoms with Gasteiger partial charge in [-0.25, -0.2) is 0 Å². The number of fused-ring (bicyclic) bond motifs is 3. The number of aromatic nitrogens is 1. The number of hydrogen-bond donors (Lipinski definition) is 0. The number of nitrogens with zero attached hydrogens (tertiary/aromatic N) is 1. The van der Waals surface area contributed by atoms with Crippen LogP contribution in [0.4, 0.5) is 0 Å². The van der Waals surface area contributed by atoms with Gasteiger partial charge in [-0.1, -0.05) is 6.08 Å². The standard InChI is InChI=1S/C11H9NS2/c1-2-5-12-8-3-6-13-10(8)11-9(12)4-7-14-11/h2-4,6-7H,1,5H2. The van der Waals surface area contributed by atoms with E-state index in [0.717, 1.165) is 6.54 Å². The van der Waals surface area contributed by atoms with Crippen molar-refractivity contribution in [1.82, 2.24) is 4.57 Å². The Labute approximate surface area is 89.9 Å². The Bertz CT molecular complexity index is 549.